The second kappa shape index (κ2) is 7.88. The molecule has 0 saturated heterocycles. The molecular weight excluding hydrogens is 358 g/mol. The molecule has 0 aliphatic heterocycles. The number of carbonyl (C=O) groups is 1. The molecule has 0 bridgehead atoms. The zero-order valence-corrected chi connectivity index (χ0v) is 16.8. The van der Waals surface area contributed by atoms with Crippen molar-refractivity contribution in [3.05, 3.63) is 63.7 Å². The topological polar surface area (TPSA) is 105 Å². The fraction of sp³-hybridized carbons (Fsp3) is 0.381. The number of hydrogen-bond acceptors (Lipinski definition) is 5. The number of azo groups is 1. The molecule has 2 aromatic carbocycles. The van der Waals surface area contributed by atoms with Crippen LogP contribution in [0.25, 0.3) is 0 Å². The summed E-state index contributed by atoms with van der Waals surface area (Å²) in [4.78, 5) is 22.7. The third kappa shape index (κ3) is 5.22. The third-order valence-electron chi connectivity index (χ3n) is 4.31. The van der Waals surface area contributed by atoms with Gasteiger partial charge in [-0.1, -0.05) is 52.8 Å². The Morgan fingerprint density at radius 2 is 1.75 bits per heavy atom. The van der Waals surface area contributed by atoms with E-state index < -0.39 is 10.8 Å². The van der Waals surface area contributed by atoms with E-state index in [1.807, 2.05) is 6.07 Å². The van der Waals surface area contributed by atoms with Crippen LogP contribution in [0.15, 0.2) is 52.7 Å². The van der Waals surface area contributed by atoms with E-state index in [1.54, 1.807) is 6.07 Å². The Balaban J connectivity index is 2.34. The third-order valence-corrected chi connectivity index (χ3v) is 4.31. The van der Waals surface area contributed by atoms with Crippen LogP contribution in [-0.2, 0) is 5.41 Å². The first-order valence-corrected chi connectivity index (χ1v) is 8.94. The highest BCUT2D eigenvalue weighted by molar-refractivity contribution is 5.98. The zero-order chi connectivity index (χ0) is 21.1. The van der Waals surface area contributed by atoms with Crippen LogP contribution >= 0.6 is 0 Å². The molecule has 0 fully saturated rings. The van der Waals surface area contributed by atoms with Crippen LogP contribution in [0, 0.1) is 15.5 Å². The van der Waals surface area contributed by atoms with Gasteiger partial charge in [-0.3, -0.25) is 14.9 Å². The van der Waals surface area contributed by atoms with Crippen molar-refractivity contribution in [1.29, 1.82) is 0 Å². The highest BCUT2D eigenvalue weighted by Gasteiger charge is 2.28. The van der Waals surface area contributed by atoms with E-state index in [9.17, 15) is 20.0 Å². The largest absolute Gasteiger partial charge is 0.506 e. The van der Waals surface area contributed by atoms with Crippen LogP contribution in [0.5, 0.6) is 5.75 Å². The summed E-state index contributed by atoms with van der Waals surface area (Å²) in [5.74, 6) is -0.958. The van der Waals surface area contributed by atoms with E-state index in [0.717, 1.165) is 12.0 Å². The van der Waals surface area contributed by atoms with Crippen molar-refractivity contribution in [2.45, 2.75) is 46.5 Å². The predicted octanol–water partition coefficient (Wildman–Crippen LogP) is 5.94. The molecule has 0 aliphatic rings. The highest BCUT2D eigenvalue weighted by Crippen LogP contribution is 2.39. The Labute approximate surface area is 164 Å². The van der Waals surface area contributed by atoms with Gasteiger partial charge in [0, 0.05) is 6.07 Å². The van der Waals surface area contributed by atoms with Crippen molar-refractivity contribution in [1.82, 2.24) is 0 Å². The van der Waals surface area contributed by atoms with Crippen LogP contribution in [0.3, 0.4) is 0 Å². The summed E-state index contributed by atoms with van der Waals surface area (Å²) >= 11 is 0. The van der Waals surface area contributed by atoms with Gasteiger partial charge in [-0.15, -0.1) is 10.2 Å². The van der Waals surface area contributed by atoms with Gasteiger partial charge >= 0.3 is 5.91 Å². The number of phenols is 1. The zero-order valence-electron chi connectivity index (χ0n) is 16.8. The monoisotopic (exact) mass is 383 g/mol. The molecule has 0 aliphatic carbocycles. The Bertz CT molecular complexity index is 927. The molecule has 0 unspecified atom stereocenters. The smallest absolute Gasteiger partial charge is 0.302 e. The number of carbonyl (C=O) groups excluding carboxylic acids is 1. The average Bonchev–Trinajstić information content (AvgIpc) is 2.58. The molecule has 0 aromatic heterocycles. The fourth-order valence-corrected chi connectivity index (χ4v) is 3.42. The van der Waals surface area contributed by atoms with Crippen molar-refractivity contribution in [2.24, 2.45) is 15.6 Å². The van der Waals surface area contributed by atoms with Gasteiger partial charge in [-0.25, -0.2) is 0 Å². The van der Waals surface area contributed by atoms with Crippen LogP contribution < -0.4 is 0 Å². The summed E-state index contributed by atoms with van der Waals surface area (Å²) in [6, 6.07) is 10.6. The number of nitrogens with zero attached hydrogens (tertiary/aromatic N) is 3. The van der Waals surface area contributed by atoms with E-state index in [1.165, 1.54) is 30.3 Å². The number of phenolic OH excluding ortho intramolecular Hbond substituents is 1. The predicted molar refractivity (Wildman–Crippen MR) is 107 cm³/mol. The van der Waals surface area contributed by atoms with Gasteiger partial charge in [0.25, 0.3) is 5.69 Å². The SMILES string of the molecule is CC(C)(C)CC(C)(C)c1ccc(O)c(N=NC(=O)c2ccccc2[N+](=O)[O-])c1. The van der Waals surface area contributed by atoms with Gasteiger partial charge in [0.2, 0.25) is 0 Å². The lowest BCUT2D eigenvalue weighted by Gasteiger charge is -2.33. The van der Waals surface area contributed by atoms with Gasteiger partial charge in [0.15, 0.2) is 0 Å². The van der Waals surface area contributed by atoms with E-state index in [0.29, 0.717) is 0 Å². The van der Waals surface area contributed by atoms with Crippen LogP contribution in [0.2, 0.25) is 0 Å². The number of amides is 1. The normalized spacial score (nSPS) is 12.3. The summed E-state index contributed by atoms with van der Waals surface area (Å²) in [7, 11) is 0. The molecule has 0 spiro atoms. The minimum atomic E-state index is -0.842. The molecule has 28 heavy (non-hydrogen) atoms. The van der Waals surface area contributed by atoms with Crippen molar-refractivity contribution in [3.63, 3.8) is 0 Å². The number of nitro benzene ring substituents is 1. The summed E-state index contributed by atoms with van der Waals surface area (Å²) in [6.45, 7) is 10.7. The number of para-hydroxylation sites is 1. The van der Waals surface area contributed by atoms with E-state index in [-0.39, 0.29) is 33.5 Å². The minimum Gasteiger partial charge on any atom is -0.506 e. The Morgan fingerprint density at radius 1 is 1.11 bits per heavy atom. The van der Waals surface area contributed by atoms with Gasteiger partial charge in [-0.2, -0.15) is 0 Å². The summed E-state index contributed by atoms with van der Waals surface area (Å²) in [5, 5.41) is 28.6. The van der Waals surface area contributed by atoms with Crippen molar-refractivity contribution in [2.75, 3.05) is 0 Å². The molecule has 0 heterocycles. The Hall–Kier alpha value is -3.09. The number of benzene rings is 2. The van der Waals surface area contributed by atoms with E-state index >= 15 is 0 Å². The maximum atomic E-state index is 12.3. The molecule has 2 rings (SSSR count). The lowest BCUT2D eigenvalue weighted by atomic mass is 9.72. The Kier molecular flexibility index (Phi) is 5.97. The van der Waals surface area contributed by atoms with Gasteiger partial charge in [0.1, 0.15) is 17.0 Å². The lowest BCUT2D eigenvalue weighted by molar-refractivity contribution is -0.385. The van der Waals surface area contributed by atoms with Gasteiger partial charge in [0.05, 0.1) is 4.92 Å². The van der Waals surface area contributed by atoms with E-state index in [4.69, 9.17) is 0 Å². The first kappa shape index (κ1) is 21.2. The Morgan fingerprint density at radius 3 is 2.36 bits per heavy atom. The van der Waals surface area contributed by atoms with Crippen molar-refractivity contribution in [3.8, 4) is 5.75 Å². The maximum Gasteiger partial charge on any atom is 0.302 e. The van der Waals surface area contributed by atoms with Crippen LogP contribution in [0.4, 0.5) is 11.4 Å². The molecule has 1 amide bonds. The number of nitro groups is 1. The van der Waals surface area contributed by atoms with Gasteiger partial charge < -0.3 is 5.11 Å². The summed E-state index contributed by atoms with van der Waals surface area (Å²) in [5.41, 5.74) is 0.526. The van der Waals surface area contributed by atoms with Crippen LogP contribution in [-0.4, -0.2) is 15.9 Å². The second-order valence-electron chi connectivity index (χ2n) is 8.60. The quantitative estimate of drug-likeness (QED) is 0.392. The first-order valence-electron chi connectivity index (χ1n) is 8.94. The molecular formula is C21H25N3O4. The lowest BCUT2D eigenvalue weighted by Crippen LogP contribution is -2.24. The summed E-state index contributed by atoms with van der Waals surface area (Å²) in [6.07, 6.45) is 0.899. The molecule has 0 saturated carbocycles. The number of hydrogen-bond donors (Lipinski definition) is 1. The number of rotatable bonds is 5. The minimum absolute atomic E-state index is 0.102. The molecule has 7 heteroatoms. The molecule has 7 nitrogen and oxygen atoms in total. The van der Waals surface area contributed by atoms with Crippen LogP contribution in [0.1, 0.15) is 57.0 Å². The standard InChI is InChI=1S/C21H25N3O4/c1-20(2,3)13-21(4,5)14-10-11-18(25)16(12-14)22-23-19(26)15-8-6-7-9-17(15)24(27)28/h6-12,25H,13H2,1-5H3. The molecule has 1 N–H and O–H groups in total. The second-order valence-corrected chi connectivity index (χ2v) is 8.60. The van der Waals surface area contributed by atoms with E-state index in [2.05, 4.69) is 44.8 Å². The first-order chi connectivity index (χ1) is 12.9. The highest BCUT2D eigenvalue weighted by atomic mass is 16.6. The molecule has 0 atom stereocenters. The van der Waals surface area contributed by atoms with Crippen molar-refractivity contribution >= 4 is 17.3 Å². The fourth-order valence-electron chi connectivity index (χ4n) is 3.42. The maximum absolute atomic E-state index is 12.3. The summed E-state index contributed by atoms with van der Waals surface area (Å²) < 4.78 is 0. The molecule has 0 radical (unpaired) electrons. The molecule has 148 valence electrons. The number of aromatic hydroxyl groups is 1. The van der Waals surface area contributed by atoms with Crippen molar-refractivity contribution < 1.29 is 14.8 Å². The average molecular weight is 383 g/mol. The van der Waals surface area contributed by atoms with Gasteiger partial charge in [-0.05, 0) is 41.0 Å². The molecule has 2 aromatic rings.